The number of amides is 1. The van der Waals surface area contributed by atoms with E-state index in [0.29, 0.717) is 16.6 Å². The third kappa shape index (κ3) is 5.39. The minimum absolute atomic E-state index is 0.279. The molecule has 1 amide bonds. The lowest BCUT2D eigenvalue weighted by molar-refractivity contribution is -0.119. The second-order valence-electron chi connectivity index (χ2n) is 4.66. The first-order valence-corrected chi connectivity index (χ1v) is 6.02. The Balaban J connectivity index is 2.63. The number of nitrogens with two attached hydrogens (primary N) is 1. The van der Waals surface area contributed by atoms with E-state index in [1.807, 2.05) is 26.0 Å². The summed E-state index contributed by atoms with van der Waals surface area (Å²) in [5.41, 5.74) is 5.80. The molecule has 0 heterocycles. The maximum absolute atomic E-state index is 10.9. The molecular formula is C12H16Cl2N2O. The molecule has 0 saturated heterocycles. The summed E-state index contributed by atoms with van der Waals surface area (Å²) in [4.78, 5) is 10.9. The summed E-state index contributed by atoms with van der Waals surface area (Å²) in [5, 5.41) is 4.44. The fraction of sp³-hybridized carbons (Fsp3) is 0.417. The van der Waals surface area contributed by atoms with Crippen molar-refractivity contribution in [3.63, 3.8) is 0 Å². The van der Waals surface area contributed by atoms with Gasteiger partial charge in [-0.1, -0.05) is 23.2 Å². The molecule has 94 valence electrons. The van der Waals surface area contributed by atoms with Gasteiger partial charge >= 0.3 is 0 Å². The number of hydrogen-bond donors (Lipinski definition) is 2. The lowest BCUT2D eigenvalue weighted by Gasteiger charge is -2.25. The van der Waals surface area contributed by atoms with E-state index in [4.69, 9.17) is 28.9 Å². The Bertz CT molecular complexity index is 399. The van der Waals surface area contributed by atoms with Gasteiger partial charge in [0.05, 0.1) is 0 Å². The molecule has 0 aliphatic carbocycles. The molecule has 0 unspecified atom stereocenters. The highest BCUT2D eigenvalue weighted by molar-refractivity contribution is 6.34. The molecule has 0 aliphatic heterocycles. The van der Waals surface area contributed by atoms with E-state index >= 15 is 0 Å². The summed E-state index contributed by atoms with van der Waals surface area (Å²) in [6, 6.07) is 5.35. The number of carbonyl (C=O) groups is 1. The van der Waals surface area contributed by atoms with Crippen molar-refractivity contribution in [3.8, 4) is 0 Å². The zero-order chi connectivity index (χ0) is 13.1. The molecule has 0 atom stereocenters. The monoisotopic (exact) mass is 274 g/mol. The van der Waals surface area contributed by atoms with Gasteiger partial charge in [0.2, 0.25) is 5.91 Å². The summed E-state index contributed by atoms with van der Waals surface area (Å²) < 4.78 is 0. The van der Waals surface area contributed by atoms with E-state index in [1.165, 1.54) is 0 Å². The van der Waals surface area contributed by atoms with Crippen molar-refractivity contribution in [3.05, 3.63) is 33.8 Å². The Morgan fingerprint density at radius 2 is 1.82 bits per heavy atom. The van der Waals surface area contributed by atoms with Crippen LogP contribution in [0.2, 0.25) is 10.0 Å². The summed E-state index contributed by atoms with van der Waals surface area (Å²) in [6.07, 6.45) is 0.279. The average Bonchev–Trinajstić information content (AvgIpc) is 2.11. The minimum Gasteiger partial charge on any atom is -0.370 e. The molecule has 0 saturated carbocycles. The predicted octanol–water partition coefficient (Wildman–Crippen LogP) is 2.74. The van der Waals surface area contributed by atoms with Gasteiger partial charge in [0.25, 0.3) is 0 Å². The molecule has 1 rings (SSSR count). The summed E-state index contributed by atoms with van der Waals surface area (Å²) in [6.45, 7) is 4.42. The van der Waals surface area contributed by atoms with Gasteiger partial charge in [-0.15, -0.1) is 0 Å². The smallest absolute Gasteiger partial charge is 0.219 e. The van der Waals surface area contributed by atoms with Gasteiger partial charge in [-0.05, 0) is 37.6 Å². The van der Waals surface area contributed by atoms with E-state index in [9.17, 15) is 4.79 Å². The molecule has 1 aromatic rings. The number of rotatable bonds is 5. The topological polar surface area (TPSA) is 55.1 Å². The maximum atomic E-state index is 10.9. The van der Waals surface area contributed by atoms with Crippen LogP contribution < -0.4 is 11.1 Å². The molecule has 0 fully saturated rings. The van der Waals surface area contributed by atoms with Crippen LogP contribution in [-0.2, 0) is 11.3 Å². The number of hydrogen-bond acceptors (Lipinski definition) is 2. The van der Waals surface area contributed by atoms with Crippen LogP contribution in [0, 0.1) is 0 Å². The van der Waals surface area contributed by atoms with Crippen molar-refractivity contribution in [2.24, 2.45) is 5.73 Å². The quantitative estimate of drug-likeness (QED) is 0.868. The van der Waals surface area contributed by atoms with E-state index in [1.54, 1.807) is 6.07 Å². The Morgan fingerprint density at radius 3 is 2.29 bits per heavy atom. The SMILES string of the molecule is CC(C)(CC(N)=O)NCc1cc(Cl)cc(Cl)c1. The summed E-state index contributed by atoms with van der Waals surface area (Å²) in [7, 11) is 0. The Labute approximate surface area is 111 Å². The maximum Gasteiger partial charge on any atom is 0.219 e. The summed E-state index contributed by atoms with van der Waals surface area (Å²) >= 11 is 11.8. The van der Waals surface area contributed by atoms with Crippen molar-refractivity contribution < 1.29 is 4.79 Å². The standard InChI is InChI=1S/C12H16Cl2N2O/c1-12(2,6-11(15)17)16-7-8-3-9(13)5-10(14)4-8/h3-5,16H,6-7H2,1-2H3,(H2,15,17). The molecule has 0 aromatic heterocycles. The summed E-state index contributed by atoms with van der Waals surface area (Å²) in [5.74, 6) is -0.327. The van der Waals surface area contributed by atoms with Crippen molar-refractivity contribution >= 4 is 29.1 Å². The number of halogens is 2. The van der Waals surface area contributed by atoms with Crippen LogP contribution >= 0.6 is 23.2 Å². The van der Waals surface area contributed by atoms with E-state index in [2.05, 4.69) is 5.32 Å². The van der Waals surface area contributed by atoms with Crippen molar-refractivity contribution in [2.75, 3.05) is 0 Å². The zero-order valence-electron chi connectivity index (χ0n) is 9.89. The molecule has 1 aromatic carbocycles. The molecule has 3 N–H and O–H groups in total. The van der Waals surface area contributed by atoms with Gasteiger partial charge < -0.3 is 11.1 Å². The average molecular weight is 275 g/mol. The first-order valence-electron chi connectivity index (χ1n) is 5.27. The van der Waals surface area contributed by atoms with Gasteiger partial charge in [0, 0.05) is 28.5 Å². The van der Waals surface area contributed by atoms with E-state index in [-0.39, 0.29) is 17.9 Å². The van der Waals surface area contributed by atoms with E-state index in [0.717, 1.165) is 5.56 Å². The van der Waals surface area contributed by atoms with Crippen LogP contribution in [0.5, 0.6) is 0 Å². The van der Waals surface area contributed by atoms with Gasteiger partial charge in [-0.3, -0.25) is 4.79 Å². The Kier molecular flexibility index (Phi) is 4.80. The lowest BCUT2D eigenvalue weighted by Crippen LogP contribution is -2.42. The predicted molar refractivity (Wildman–Crippen MR) is 71.2 cm³/mol. The molecule has 0 radical (unpaired) electrons. The second-order valence-corrected chi connectivity index (χ2v) is 5.53. The third-order valence-electron chi connectivity index (χ3n) is 2.31. The van der Waals surface area contributed by atoms with Crippen LogP contribution in [0.15, 0.2) is 18.2 Å². The van der Waals surface area contributed by atoms with Crippen molar-refractivity contribution in [1.82, 2.24) is 5.32 Å². The fourth-order valence-electron chi connectivity index (χ4n) is 1.55. The number of primary amides is 1. The van der Waals surface area contributed by atoms with Crippen LogP contribution in [0.3, 0.4) is 0 Å². The molecule has 0 aliphatic rings. The first-order chi connectivity index (χ1) is 7.78. The lowest BCUT2D eigenvalue weighted by atomic mass is 10.00. The molecule has 17 heavy (non-hydrogen) atoms. The normalized spacial score (nSPS) is 11.5. The molecule has 5 heteroatoms. The van der Waals surface area contributed by atoms with Gasteiger partial charge in [-0.25, -0.2) is 0 Å². The Hall–Kier alpha value is -0.770. The third-order valence-corrected chi connectivity index (χ3v) is 2.75. The first kappa shape index (κ1) is 14.3. The zero-order valence-corrected chi connectivity index (χ0v) is 11.4. The molecule has 0 spiro atoms. The number of benzene rings is 1. The number of nitrogens with one attached hydrogen (secondary N) is 1. The largest absolute Gasteiger partial charge is 0.370 e. The molecular weight excluding hydrogens is 259 g/mol. The van der Waals surface area contributed by atoms with Gasteiger partial charge in [-0.2, -0.15) is 0 Å². The van der Waals surface area contributed by atoms with Crippen molar-refractivity contribution in [2.45, 2.75) is 32.4 Å². The van der Waals surface area contributed by atoms with Crippen LogP contribution in [0.25, 0.3) is 0 Å². The Morgan fingerprint density at radius 1 is 1.29 bits per heavy atom. The van der Waals surface area contributed by atoms with E-state index < -0.39 is 0 Å². The highest BCUT2D eigenvalue weighted by Gasteiger charge is 2.19. The second kappa shape index (κ2) is 5.71. The van der Waals surface area contributed by atoms with Crippen molar-refractivity contribution in [1.29, 1.82) is 0 Å². The minimum atomic E-state index is -0.347. The number of carbonyl (C=O) groups excluding carboxylic acids is 1. The van der Waals surface area contributed by atoms with Crippen LogP contribution in [0.4, 0.5) is 0 Å². The molecule has 0 bridgehead atoms. The van der Waals surface area contributed by atoms with Crippen LogP contribution in [-0.4, -0.2) is 11.4 Å². The highest BCUT2D eigenvalue weighted by Crippen LogP contribution is 2.19. The fourth-order valence-corrected chi connectivity index (χ4v) is 2.12. The van der Waals surface area contributed by atoms with Gasteiger partial charge in [0.1, 0.15) is 0 Å². The molecule has 3 nitrogen and oxygen atoms in total. The van der Waals surface area contributed by atoms with Crippen LogP contribution in [0.1, 0.15) is 25.8 Å². The van der Waals surface area contributed by atoms with Gasteiger partial charge in [0.15, 0.2) is 0 Å². The highest BCUT2D eigenvalue weighted by atomic mass is 35.5.